The zero-order valence-corrected chi connectivity index (χ0v) is 19.5. The largest absolute Gasteiger partial charge is 0.341 e. The first-order valence-corrected chi connectivity index (χ1v) is 12.8. The van der Waals surface area contributed by atoms with E-state index in [1.807, 2.05) is 0 Å². The Morgan fingerprint density at radius 3 is 2.62 bits per heavy atom. The first kappa shape index (κ1) is 22.9. The summed E-state index contributed by atoms with van der Waals surface area (Å²) in [7, 11) is -4.12. The molecular formula is C21H21ClFN3O4S2. The van der Waals surface area contributed by atoms with Crippen molar-refractivity contribution in [1.82, 2.24) is 4.90 Å². The molecule has 2 heterocycles. The summed E-state index contributed by atoms with van der Waals surface area (Å²) < 4.78 is 41.6. The smallest absolute Gasteiger partial charge is 0.262 e. The lowest BCUT2D eigenvalue weighted by molar-refractivity contribution is -0.135. The van der Waals surface area contributed by atoms with Crippen LogP contribution >= 0.6 is 23.4 Å². The molecule has 2 aliphatic heterocycles. The summed E-state index contributed by atoms with van der Waals surface area (Å²) in [5.74, 6) is -0.974. The number of hydrogen-bond donors (Lipinski definition) is 2. The van der Waals surface area contributed by atoms with E-state index < -0.39 is 27.0 Å². The topological polar surface area (TPSA) is 95.6 Å². The summed E-state index contributed by atoms with van der Waals surface area (Å²) in [6.07, 6.45) is 1.81. The highest BCUT2D eigenvalue weighted by Crippen LogP contribution is 2.38. The van der Waals surface area contributed by atoms with Crippen molar-refractivity contribution < 1.29 is 22.4 Å². The van der Waals surface area contributed by atoms with Crippen molar-refractivity contribution in [1.29, 1.82) is 0 Å². The number of sulfonamides is 1. The molecule has 11 heteroatoms. The predicted molar refractivity (Wildman–Crippen MR) is 122 cm³/mol. The minimum Gasteiger partial charge on any atom is -0.341 e. The van der Waals surface area contributed by atoms with E-state index in [0.717, 1.165) is 30.7 Å². The van der Waals surface area contributed by atoms with Gasteiger partial charge in [-0.2, -0.15) is 0 Å². The Kier molecular flexibility index (Phi) is 6.37. The minimum absolute atomic E-state index is 0.141. The Hall–Kier alpha value is -2.30. The maximum Gasteiger partial charge on any atom is 0.262 e. The van der Waals surface area contributed by atoms with E-state index >= 15 is 0 Å². The molecule has 1 saturated heterocycles. The molecule has 0 aliphatic carbocycles. The van der Waals surface area contributed by atoms with Crippen LogP contribution in [-0.4, -0.2) is 43.5 Å². The Morgan fingerprint density at radius 2 is 1.94 bits per heavy atom. The fourth-order valence-electron chi connectivity index (χ4n) is 3.59. The van der Waals surface area contributed by atoms with Crippen molar-refractivity contribution in [2.45, 2.75) is 34.8 Å². The number of hydrogen-bond acceptors (Lipinski definition) is 5. The first-order chi connectivity index (χ1) is 15.1. The number of piperidine rings is 1. The highest BCUT2D eigenvalue weighted by Gasteiger charge is 2.37. The average molecular weight is 498 g/mol. The van der Waals surface area contributed by atoms with Gasteiger partial charge in [0.25, 0.3) is 10.0 Å². The quantitative estimate of drug-likeness (QED) is 0.623. The second kappa shape index (κ2) is 8.92. The van der Waals surface area contributed by atoms with Crippen molar-refractivity contribution in [3.63, 3.8) is 0 Å². The summed E-state index contributed by atoms with van der Waals surface area (Å²) in [4.78, 5) is 27.6. The van der Waals surface area contributed by atoms with Gasteiger partial charge >= 0.3 is 0 Å². The van der Waals surface area contributed by atoms with Crippen LogP contribution in [0.2, 0.25) is 5.02 Å². The molecular weight excluding hydrogens is 477 g/mol. The van der Waals surface area contributed by atoms with Gasteiger partial charge in [-0.3, -0.25) is 14.3 Å². The van der Waals surface area contributed by atoms with Crippen LogP contribution in [0.1, 0.15) is 19.8 Å². The van der Waals surface area contributed by atoms with Crippen molar-refractivity contribution in [3.05, 3.63) is 47.2 Å². The molecule has 1 unspecified atom stereocenters. The number of likely N-dealkylation sites (tertiary alicyclic amines) is 1. The maximum absolute atomic E-state index is 14.0. The number of fused-ring (bicyclic) bond motifs is 1. The molecule has 7 nitrogen and oxygen atoms in total. The van der Waals surface area contributed by atoms with Crippen LogP contribution < -0.4 is 10.0 Å². The Labute approximate surface area is 194 Å². The van der Waals surface area contributed by atoms with Crippen molar-refractivity contribution >= 4 is 56.6 Å². The summed E-state index contributed by atoms with van der Waals surface area (Å²) >= 11 is 6.80. The molecule has 0 saturated carbocycles. The molecule has 170 valence electrons. The molecule has 2 amide bonds. The van der Waals surface area contributed by atoms with Crippen LogP contribution in [0.25, 0.3) is 0 Å². The van der Waals surface area contributed by atoms with Crippen LogP contribution in [0.4, 0.5) is 15.8 Å². The second-order valence-corrected chi connectivity index (χ2v) is 11.1. The van der Waals surface area contributed by atoms with Crippen LogP contribution in [0.5, 0.6) is 0 Å². The molecule has 4 rings (SSSR count). The molecule has 0 radical (unpaired) electrons. The van der Waals surface area contributed by atoms with Gasteiger partial charge < -0.3 is 10.2 Å². The number of anilines is 2. The zero-order chi connectivity index (χ0) is 23.0. The average Bonchev–Trinajstić information content (AvgIpc) is 2.75. The highest BCUT2D eigenvalue weighted by molar-refractivity contribution is 8.01. The van der Waals surface area contributed by atoms with Gasteiger partial charge in [-0.1, -0.05) is 18.5 Å². The summed E-state index contributed by atoms with van der Waals surface area (Å²) in [5, 5.41) is 1.87. The lowest BCUT2D eigenvalue weighted by Gasteiger charge is -2.33. The van der Waals surface area contributed by atoms with E-state index in [-0.39, 0.29) is 27.2 Å². The van der Waals surface area contributed by atoms with Crippen LogP contribution in [0.3, 0.4) is 0 Å². The minimum atomic E-state index is -4.12. The fourth-order valence-corrected chi connectivity index (χ4v) is 5.89. The third kappa shape index (κ3) is 4.72. The van der Waals surface area contributed by atoms with Gasteiger partial charge in [-0.15, -0.1) is 11.8 Å². The third-order valence-electron chi connectivity index (χ3n) is 5.50. The van der Waals surface area contributed by atoms with E-state index in [9.17, 15) is 22.4 Å². The monoisotopic (exact) mass is 497 g/mol. The standard InChI is InChI=1S/C21H21ClFN3O4S2/c1-12-6-8-26(9-7-12)21(28)19-20(27)24-17-11-14(3-5-18(17)31-19)32(29,30)25-16-4-2-13(22)10-15(16)23/h2-5,10-12,19,25H,6-9H2,1H3,(H,24,27). The molecule has 0 spiro atoms. The number of carbonyl (C=O) groups is 2. The van der Waals surface area contributed by atoms with Gasteiger partial charge in [0.05, 0.1) is 16.3 Å². The predicted octanol–water partition coefficient (Wildman–Crippen LogP) is 3.95. The molecule has 0 bridgehead atoms. The SMILES string of the molecule is CC1CCN(C(=O)C2Sc3ccc(S(=O)(=O)Nc4ccc(Cl)cc4F)cc3NC2=O)CC1. The number of benzene rings is 2. The number of amides is 2. The fraction of sp³-hybridized carbons (Fsp3) is 0.333. The summed E-state index contributed by atoms with van der Waals surface area (Å²) in [5.41, 5.74) is 0.0443. The van der Waals surface area contributed by atoms with E-state index in [4.69, 9.17) is 11.6 Å². The summed E-state index contributed by atoms with van der Waals surface area (Å²) in [6.45, 7) is 3.39. The molecule has 2 N–H and O–H groups in total. The molecule has 2 aromatic carbocycles. The number of halogens is 2. The van der Waals surface area contributed by atoms with Crippen LogP contribution in [0, 0.1) is 11.7 Å². The van der Waals surface area contributed by atoms with E-state index in [1.54, 1.807) is 4.90 Å². The van der Waals surface area contributed by atoms with Crippen molar-refractivity contribution in [2.75, 3.05) is 23.1 Å². The molecule has 0 aromatic heterocycles. The molecule has 2 aromatic rings. The number of nitrogens with zero attached hydrogens (tertiary/aromatic N) is 1. The molecule has 2 aliphatic rings. The van der Waals surface area contributed by atoms with Gasteiger partial charge in [0.1, 0.15) is 5.82 Å². The van der Waals surface area contributed by atoms with Gasteiger partial charge in [-0.25, -0.2) is 12.8 Å². The second-order valence-electron chi connectivity index (χ2n) is 7.88. The number of carbonyl (C=O) groups excluding carboxylic acids is 2. The van der Waals surface area contributed by atoms with Crippen LogP contribution in [0.15, 0.2) is 46.2 Å². The lowest BCUT2D eigenvalue weighted by Crippen LogP contribution is -2.47. The van der Waals surface area contributed by atoms with Gasteiger partial charge in [0.15, 0.2) is 5.25 Å². The molecule has 32 heavy (non-hydrogen) atoms. The van der Waals surface area contributed by atoms with Crippen molar-refractivity contribution in [2.24, 2.45) is 5.92 Å². The van der Waals surface area contributed by atoms with E-state index in [1.165, 1.54) is 30.3 Å². The van der Waals surface area contributed by atoms with Gasteiger partial charge in [0, 0.05) is 23.0 Å². The van der Waals surface area contributed by atoms with Gasteiger partial charge in [0.2, 0.25) is 11.8 Å². The first-order valence-electron chi connectivity index (χ1n) is 10.0. The Morgan fingerprint density at radius 1 is 1.22 bits per heavy atom. The number of rotatable bonds is 4. The Balaban J connectivity index is 1.52. The van der Waals surface area contributed by atoms with E-state index in [2.05, 4.69) is 17.0 Å². The maximum atomic E-state index is 14.0. The lowest BCUT2D eigenvalue weighted by atomic mass is 9.99. The zero-order valence-electron chi connectivity index (χ0n) is 17.1. The number of nitrogens with one attached hydrogen (secondary N) is 2. The van der Waals surface area contributed by atoms with Crippen LogP contribution in [-0.2, 0) is 19.6 Å². The number of thioether (sulfide) groups is 1. The van der Waals surface area contributed by atoms with Gasteiger partial charge in [-0.05, 0) is 55.2 Å². The third-order valence-corrected chi connectivity index (χ3v) is 8.36. The molecule has 1 atom stereocenters. The van der Waals surface area contributed by atoms with Crippen molar-refractivity contribution in [3.8, 4) is 0 Å². The summed E-state index contributed by atoms with van der Waals surface area (Å²) in [6, 6.07) is 7.77. The highest BCUT2D eigenvalue weighted by atomic mass is 35.5. The Bertz CT molecular complexity index is 1180. The molecule has 1 fully saturated rings. The normalized spacial score (nSPS) is 19.3. The van der Waals surface area contributed by atoms with E-state index in [0.29, 0.717) is 23.9 Å².